The average Bonchev–Trinajstić information content (AvgIpc) is 2.83. The van der Waals surface area contributed by atoms with Gasteiger partial charge in [-0.1, -0.05) is 0 Å². The number of likely N-dealkylation sites (tertiary alicyclic amines) is 1. The molecule has 1 fully saturated rings. The number of hydrogen-bond donors (Lipinski definition) is 3. The number of nitrogens with zero attached hydrogens (tertiary/aromatic N) is 3. The van der Waals surface area contributed by atoms with E-state index in [9.17, 15) is 18.0 Å². The first-order valence-corrected chi connectivity index (χ1v) is 8.96. The van der Waals surface area contributed by atoms with Crippen LogP contribution in [0.2, 0.25) is 0 Å². The van der Waals surface area contributed by atoms with E-state index in [2.05, 4.69) is 15.1 Å². The summed E-state index contributed by atoms with van der Waals surface area (Å²) in [5.74, 6) is -0.531. The molecule has 1 saturated heterocycles. The first-order valence-electron chi connectivity index (χ1n) is 7.07. The molecule has 0 bridgehead atoms. The second-order valence-corrected chi connectivity index (χ2v) is 7.28. The molecule has 1 atom stereocenters. The maximum atomic E-state index is 12.2. The number of aromatic nitrogens is 2. The van der Waals surface area contributed by atoms with Crippen LogP contribution in [0.25, 0.3) is 0 Å². The number of nitrogens with two attached hydrogens (primary N) is 1. The van der Waals surface area contributed by atoms with Crippen LogP contribution >= 0.6 is 0 Å². The van der Waals surface area contributed by atoms with Crippen molar-refractivity contribution in [1.29, 1.82) is 0 Å². The number of anilines is 1. The lowest BCUT2D eigenvalue weighted by atomic mass is 10.1. The number of nitrogens with one attached hydrogen (secondary N) is 2. The molecule has 11 heteroatoms. The van der Waals surface area contributed by atoms with Crippen LogP contribution in [-0.4, -0.2) is 60.4 Å². The van der Waals surface area contributed by atoms with Crippen molar-refractivity contribution in [2.45, 2.75) is 25.4 Å². The van der Waals surface area contributed by atoms with E-state index in [0.717, 1.165) is 6.26 Å². The van der Waals surface area contributed by atoms with Gasteiger partial charge in [-0.15, -0.1) is 0 Å². The molecular formula is C12H20N6O4S. The summed E-state index contributed by atoms with van der Waals surface area (Å²) in [6.45, 7) is 0.775. The molecule has 0 aromatic carbocycles. The van der Waals surface area contributed by atoms with Crippen molar-refractivity contribution >= 4 is 27.6 Å². The standard InChI is InChI=1S/C12H20N6O4S/c1-23(21,22)16-9-3-2-4-17(6-9)12(20)15-10-5-14-18(7-10)8-11(13)19/h5,7,9,16H,2-4,6,8H2,1H3,(H2,13,19)(H,15,20). The minimum absolute atomic E-state index is 0.0695. The maximum Gasteiger partial charge on any atom is 0.321 e. The summed E-state index contributed by atoms with van der Waals surface area (Å²) < 4.78 is 26.4. The van der Waals surface area contributed by atoms with Gasteiger partial charge in [0.05, 0.1) is 18.1 Å². The Morgan fingerprint density at radius 3 is 2.87 bits per heavy atom. The summed E-state index contributed by atoms with van der Waals surface area (Å²) in [7, 11) is -3.31. The zero-order valence-electron chi connectivity index (χ0n) is 12.7. The third-order valence-electron chi connectivity index (χ3n) is 3.29. The van der Waals surface area contributed by atoms with E-state index in [4.69, 9.17) is 5.73 Å². The van der Waals surface area contributed by atoms with Gasteiger partial charge in [0.2, 0.25) is 15.9 Å². The van der Waals surface area contributed by atoms with Gasteiger partial charge in [0.15, 0.2) is 0 Å². The third kappa shape index (κ3) is 5.53. The number of amides is 3. The SMILES string of the molecule is CS(=O)(=O)NC1CCCN(C(=O)Nc2cnn(CC(N)=O)c2)C1. The Bertz CT molecular complexity index is 685. The van der Waals surface area contributed by atoms with Gasteiger partial charge in [0, 0.05) is 25.3 Å². The molecule has 2 rings (SSSR count). The van der Waals surface area contributed by atoms with Crippen LogP contribution in [0.5, 0.6) is 0 Å². The average molecular weight is 344 g/mol. The number of carbonyl (C=O) groups excluding carboxylic acids is 2. The molecule has 128 valence electrons. The van der Waals surface area contributed by atoms with Gasteiger partial charge >= 0.3 is 6.03 Å². The predicted octanol–water partition coefficient (Wildman–Crippen LogP) is -1.09. The molecule has 1 aliphatic heterocycles. The third-order valence-corrected chi connectivity index (χ3v) is 4.05. The highest BCUT2D eigenvalue weighted by molar-refractivity contribution is 7.88. The van der Waals surface area contributed by atoms with Crippen molar-refractivity contribution < 1.29 is 18.0 Å². The largest absolute Gasteiger partial charge is 0.368 e. The fraction of sp³-hybridized carbons (Fsp3) is 0.583. The van der Waals surface area contributed by atoms with Gasteiger partial charge in [-0.05, 0) is 12.8 Å². The molecule has 1 aromatic rings. The summed E-state index contributed by atoms with van der Waals surface area (Å²) in [5, 5.41) is 6.57. The van der Waals surface area contributed by atoms with Crippen LogP contribution in [0.1, 0.15) is 12.8 Å². The smallest absolute Gasteiger partial charge is 0.321 e. The molecule has 1 aromatic heterocycles. The van der Waals surface area contributed by atoms with Gasteiger partial charge in [-0.3, -0.25) is 9.48 Å². The zero-order valence-corrected chi connectivity index (χ0v) is 13.5. The van der Waals surface area contributed by atoms with E-state index >= 15 is 0 Å². The molecule has 23 heavy (non-hydrogen) atoms. The van der Waals surface area contributed by atoms with Gasteiger partial charge in [0.1, 0.15) is 6.54 Å². The molecule has 2 heterocycles. The number of primary amides is 1. The molecule has 1 unspecified atom stereocenters. The monoisotopic (exact) mass is 344 g/mol. The van der Waals surface area contributed by atoms with Crippen molar-refractivity contribution in [1.82, 2.24) is 19.4 Å². The lowest BCUT2D eigenvalue weighted by molar-refractivity contribution is -0.118. The highest BCUT2D eigenvalue weighted by atomic mass is 32.2. The lowest BCUT2D eigenvalue weighted by Gasteiger charge is -2.32. The topological polar surface area (TPSA) is 139 Å². The van der Waals surface area contributed by atoms with Gasteiger partial charge in [-0.2, -0.15) is 5.10 Å². The minimum Gasteiger partial charge on any atom is -0.368 e. The molecule has 10 nitrogen and oxygen atoms in total. The number of piperidine rings is 1. The number of rotatable bonds is 5. The minimum atomic E-state index is -3.31. The van der Waals surface area contributed by atoms with Crippen molar-refractivity contribution in [3.8, 4) is 0 Å². The summed E-state index contributed by atoms with van der Waals surface area (Å²) >= 11 is 0. The molecule has 0 aliphatic carbocycles. The van der Waals surface area contributed by atoms with Crippen molar-refractivity contribution in [3.05, 3.63) is 12.4 Å². The van der Waals surface area contributed by atoms with Gasteiger partial charge in [-0.25, -0.2) is 17.9 Å². The van der Waals surface area contributed by atoms with E-state index in [1.807, 2.05) is 0 Å². The molecule has 0 radical (unpaired) electrons. The normalized spacial score (nSPS) is 18.7. The number of carbonyl (C=O) groups is 2. The van der Waals surface area contributed by atoms with E-state index in [1.165, 1.54) is 22.0 Å². The van der Waals surface area contributed by atoms with Crippen LogP contribution in [0.4, 0.5) is 10.5 Å². The van der Waals surface area contributed by atoms with Crippen LogP contribution < -0.4 is 15.8 Å². The highest BCUT2D eigenvalue weighted by Crippen LogP contribution is 2.13. The number of urea groups is 1. The summed E-state index contributed by atoms with van der Waals surface area (Å²) in [6, 6.07) is -0.634. The van der Waals surface area contributed by atoms with Crippen LogP contribution in [0.15, 0.2) is 12.4 Å². The maximum absolute atomic E-state index is 12.2. The van der Waals surface area contributed by atoms with E-state index in [1.54, 1.807) is 0 Å². The molecule has 1 aliphatic rings. The first-order chi connectivity index (χ1) is 10.7. The molecule has 4 N–H and O–H groups in total. The van der Waals surface area contributed by atoms with E-state index in [0.29, 0.717) is 31.6 Å². The second kappa shape index (κ2) is 6.96. The summed E-state index contributed by atoms with van der Waals surface area (Å²) in [4.78, 5) is 24.6. The van der Waals surface area contributed by atoms with Crippen LogP contribution in [-0.2, 0) is 21.4 Å². The summed E-state index contributed by atoms with van der Waals surface area (Å²) in [6.07, 6.45) is 5.41. The summed E-state index contributed by atoms with van der Waals surface area (Å²) in [5.41, 5.74) is 5.51. The zero-order chi connectivity index (χ0) is 17.0. The molecule has 3 amide bonds. The number of sulfonamides is 1. The Morgan fingerprint density at radius 2 is 2.22 bits per heavy atom. The Hall–Kier alpha value is -2.14. The van der Waals surface area contributed by atoms with Crippen LogP contribution in [0, 0.1) is 0 Å². The van der Waals surface area contributed by atoms with Crippen LogP contribution in [0.3, 0.4) is 0 Å². The first kappa shape index (κ1) is 17.2. The fourth-order valence-electron chi connectivity index (χ4n) is 2.44. The van der Waals surface area contributed by atoms with Gasteiger partial charge in [0.25, 0.3) is 0 Å². The molecular weight excluding hydrogens is 324 g/mol. The fourth-order valence-corrected chi connectivity index (χ4v) is 3.24. The van der Waals surface area contributed by atoms with Crippen molar-refractivity contribution in [2.75, 3.05) is 24.7 Å². The lowest BCUT2D eigenvalue weighted by Crippen LogP contribution is -2.50. The van der Waals surface area contributed by atoms with Crippen molar-refractivity contribution in [2.24, 2.45) is 5.73 Å². The van der Waals surface area contributed by atoms with E-state index in [-0.39, 0.29) is 18.6 Å². The quantitative estimate of drug-likeness (QED) is 0.623. The Labute approximate surface area is 134 Å². The Balaban J connectivity index is 1.92. The van der Waals surface area contributed by atoms with Crippen molar-refractivity contribution in [3.63, 3.8) is 0 Å². The molecule has 0 saturated carbocycles. The highest BCUT2D eigenvalue weighted by Gasteiger charge is 2.25. The van der Waals surface area contributed by atoms with Gasteiger partial charge < -0.3 is 16.0 Å². The predicted molar refractivity (Wildman–Crippen MR) is 83.0 cm³/mol. The Kier molecular flexibility index (Phi) is 5.21. The number of hydrogen-bond acceptors (Lipinski definition) is 5. The Morgan fingerprint density at radius 1 is 1.48 bits per heavy atom. The second-order valence-electron chi connectivity index (χ2n) is 5.50. The molecule has 0 spiro atoms. The van der Waals surface area contributed by atoms with E-state index < -0.39 is 15.9 Å².